The molecule has 202 valence electrons. The molecule has 4 amide bonds. The summed E-state index contributed by atoms with van der Waals surface area (Å²) in [5.41, 5.74) is 1.41. The third kappa shape index (κ3) is 7.90. The molecule has 0 aromatic heterocycles. The van der Waals surface area contributed by atoms with Gasteiger partial charge in [-0.05, 0) is 42.6 Å². The minimum absolute atomic E-state index is 0.108. The predicted molar refractivity (Wildman–Crippen MR) is 150 cm³/mol. The first-order valence-electron chi connectivity index (χ1n) is 14.5. The minimum Gasteiger partial charge on any atom is -0.268 e. The van der Waals surface area contributed by atoms with Gasteiger partial charge in [0.15, 0.2) is 0 Å². The Morgan fingerprint density at radius 1 is 0.784 bits per heavy atom. The number of likely N-dealkylation sites (N-methyl/N-ethyl adjacent to an activating group) is 2. The lowest BCUT2D eigenvalue weighted by atomic mass is 9.61. The Bertz CT molecular complexity index is 926. The van der Waals surface area contributed by atoms with Crippen molar-refractivity contribution in [3.63, 3.8) is 0 Å². The maximum Gasteiger partial charge on any atom is 0.333 e. The Morgan fingerprint density at radius 3 is 1.89 bits per heavy atom. The maximum atomic E-state index is 12.7. The van der Waals surface area contributed by atoms with E-state index in [9.17, 15) is 14.4 Å². The molecule has 1 aliphatic heterocycles. The van der Waals surface area contributed by atoms with E-state index in [4.69, 9.17) is 0 Å². The number of hydrogen-bond donors (Lipinski definition) is 0. The second kappa shape index (κ2) is 14.9. The van der Waals surface area contributed by atoms with Crippen LogP contribution in [0.3, 0.4) is 0 Å². The van der Waals surface area contributed by atoms with Crippen molar-refractivity contribution in [2.45, 2.75) is 96.3 Å². The van der Waals surface area contributed by atoms with E-state index in [0.29, 0.717) is 5.92 Å². The van der Waals surface area contributed by atoms with Gasteiger partial charge in [0, 0.05) is 14.1 Å². The number of urea groups is 1. The summed E-state index contributed by atoms with van der Waals surface area (Å²) in [6.07, 6.45) is 23.2. The molecule has 0 N–H and O–H groups in total. The molecule has 3 rings (SSSR count). The molecule has 2 fully saturated rings. The van der Waals surface area contributed by atoms with Gasteiger partial charge in [0.05, 0.1) is 0 Å². The Morgan fingerprint density at radius 2 is 1.32 bits per heavy atom. The monoisotopic (exact) mass is 506 g/mol. The van der Waals surface area contributed by atoms with Crippen LogP contribution in [-0.2, 0) is 9.59 Å². The summed E-state index contributed by atoms with van der Waals surface area (Å²) in [6.45, 7) is 2.27. The highest BCUT2D eigenvalue weighted by Gasteiger charge is 2.43. The van der Waals surface area contributed by atoms with Gasteiger partial charge in [0.25, 0.3) is 11.8 Å². The van der Waals surface area contributed by atoms with Crippen molar-refractivity contribution in [2.24, 2.45) is 11.8 Å². The van der Waals surface area contributed by atoms with Crippen LogP contribution in [0, 0.1) is 11.8 Å². The zero-order valence-electron chi connectivity index (χ0n) is 23.2. The standard InChI is InChI=1S/C32H46N2O3/c1-4-5-6-7-8-9-10-11-12-13-14-15-19-22-27-26(23-28(27)25-20-17-16-18-21-25)24-29-30(35)33(2)32(37)34(3)31(29)36/h16-22,24,26-28H,4-15,23H2,1-3H3/b22-19+/t26-,27-,28?/m1/s1. The van der Waals surface area contributed by atoms with E-state index in [0.717, 1.165) is 22.6 Å². The molecule has 0 spiro atoms. The topological polar surface area (TPSA) is 57.7 Å². The highest BCUT2D eigenvalue weighted by Crippen LogP contribution is 2.49. The van der Waals surface area contributed by atoms with Crippen LogP contribution in [-0.4, -0.2) is 41.7 Å². The van der Waals surface area contributed by atoms with Gasteiger partial charge in [-0.15, -0.1) is 0 Å². The molecule has 1 aromatic carbocycles. The second-order valence-corrected chi connectivity index (χ2v) is 10.8. The number of allylic oxidation sites excluding steroid dienone is 3. The zero-order chi connectivity index (χ0) is 26.6. The fraction of sp³-hybridized carbons (Fsp3) is 0.594. The summed E-state index contributed by atoms with van der Waals surface area (Å²) >= 11 is 0. The van der Waals surface area contributed by atoms with Gasteiger partial charge in [0.2, 0.25) is 0 Å². The Labute approximate surface area is 224 Å². The molecular weight excluding hydrogens is 460 g/mol. The van der Waals surface area contributed by atoms with Crippen molar-refractivity contribution in [3.8, 4) is 0 Å². The highest BCUT2D eigenvalue weighted by atomic mass is 16.2. The number of nitrogens with zero attached hydrogens (tertiary/aromatic N) is 2. The van der Waals surface area contributed by atoms with Gasteiger partial charge in [-0.1, -0.05) is 120 Å². The molecule has 1 saturated carbocycles. The van der Waals surface area contributed by atoms with E-state index >= 15 is 0 Å². The van der Waals surface area contributed by atoms with Crippen LogP contribution in [0.25, 0.3) is 0 Å². The molecule has 1 unspecified atom stereocenters. The third-order valence-corrected chi connectivity index (χ3v) is 8.07. The molecule has 5 nitrogen and oxygen atoms in total. The molecule has 5 heteroatoms. The third-order valence-electron chi connectivity index (χ3n) is 8.07. The van der Waals surface area contributed by atoms with Crippen molar-refractivity contribution in [1.82, 2.24) is 9.80 Å². The van der Waals surface area contributed by atoms with Gasteiger partial charge in [0.1, 0.15) is 5.57 Å². The Hall–Kier alpha value is -2.69. The van der Waals surface area contributed by atoms with Crippen LogP contribution in [0.5, 0.6) is 0 Å². The van der Waals surface area contributed by atoms with Crippen LogP contribution in [0.2, 0.25) is 0 Å². The van der Waals surface area contributed by atoms with Crippen molar-refractivity contribution < 1.29 is 14.4 Å². The number of carbonyl (C=O) groups is 3. The largest absolute Gasteiger partial charge is 0.333 e. The number of carbonyl (C=O) groups excluding carboxylic acids is 3. The molecule has 3 atom stereocenters. The van der Waals surface area contributed by atoms with Crippen LogP contribution in [0.4, 0.5) is 4.79 Å². The van der Waals surface area contributed by atoms with E-state index in [-0.39, 0.29) is 17.4 Å². The number of amides is 4. The predicted octanol–water partition coefficient (Wildman–Crippen LogP) is 7.64. The molecule has 1 saturated heterocycles. The molecule has 1 heterocycles. The van der Waals surface area contributed by atoms with E-state index in [1.807, 2.05) is 12.1 Å². The summed E-state index contributed by atoms with van der Waals surface area (Å²) in [7, 11) is 2.86. The van der Waals surface area contributed by atoms with Gasteiger partial charge in [-0.3, -0.25) is 19.4 Å². The maximum absolute atomic E-state index is 12.7. The van der Waals surface area contributed by atoms with Gasteiger partial charge in [-0.25, -0.2) is 4.79 Å². The Kier molecular flexibility index (Phi) is 11.6. The average molecular weight is 507 g/mol. The van der Waals surface area contributed by atoms with Crippen LogP contribution in [0.15, 0.2) is 54.1 Å². The minimum atomic E-state index is -0.577. The zero-order valence-corrected chi connectivity index (χ0v) is 23.2. The van der Waals surface area contributed by atoms with Gasteiger partial charge < -0.3 is 0 Å². The van der Waals surface area contributed by atoms with E-state index in [1.54, 1.807) is 0 Å². The van der Waals surface area contributed by atoms with Crippen LogP contribution in [0.1, 0.15) is 102 Å². The first-order chi connectivity index (χ1) is 18.0. The summed E-state index contributed by atoms with van der Waals surface area (Å²) in [5.74, 6) is -0.268. The molecule has 1 aliphatic carbocycles. The van der Waals surface area contributed by atoms with E-state index in [2.05, 4.69) is 43.3 Å². The molecule has 1 aromatic rings. The lowest BCUT2D eigenvalue weighted by Crippen LogP contribution is -2.53. The van der Waals surface area contributed by atoms with Crippen molar-refractivity contribution >= 4 is 17.8 Å². The van der Waals surface area contributed by atoms with Crippen molar-refractivity contribution in [2.75, 3.05) is 14.1 Å². The van der Waals surface area contributed by atoms with E-state index < -0.39 is 17.8 Å². The highest BCUT2D eigenvalue weighted by molar-refractivity contribution is 6.28. The van der Waals surface area contributed by atoms with Gasteiger partial charge in [-0.2, -0.15) is 0 Å². The number of imide groups is 2. The lowest BCUT2D eigenvalue weighted by Gasteiger charge is -2.43. The van der Waals surface area contributed by atoms with Crippen molar-refractivity contribution in [1.29, 1.82) is 0 Å². The SMILES string of the molecule is CCCCCCCCCCCCC/C=C/[C@H]1C(c2ccccc2)C[C@@H]1C=C1C(=O)N(C)C(=O)N(C)C1=O. The number of barbiturate groups is 1. The average Bonchev–Trinajstić information content (AvgIpc) is 2.90. The van der Waals surface area contributed by atoms with Crippen molar-refractivity contribution in [3.05, 3.63) is 59.7 Å². The lowest BCUT2D eigenvalue weighted by molar-refractivity contribution is -0.134. The fourth-order valence-corrected chi connectivity index (χ4v) is 5.61. The number of benzene rings is 1. The number of rotatable bonds is 15. The normalized spacial score (nSPS) is 22.2. The number of hydrogen-bond acceptors (Lipinski definition) is 3. The van der Waals surface area contributed by atoms with Crippen LogP contribution < -0.4 is 0 Å². The first-order valence-corrected chi connectivity index (χ1v) is 14.5. The number of unbranched alkanes of at least 4 members (excludes halogenated alkanes) is 11. The Balaban J connectivity index is 1.50. The molecular formula is C32H46N2O3. The molecule has 37 heavy (non-hydrogen) atoms. The molecule has 0 radical (unpaired) electrons. The quantitative estimate of drug-likeness (QED) is 0.106. The summed E-state index contributed by atoms with van der Waals surface area (Å²) in [6, 6.07) is 9.91. The first kappa shape index (κ1) is 28.9. The van der Waals surface area contributed by atoms with E-state index in [1.165, 1.54) is 90.3 Å². The summed E-state index contributed by atoms with van der Waals surface area (Å²) in [5, 5.41) is 0. The molecule has 2 aliphatic rings. The van der Waals surface area contributed by atoms with Gasteiger partial charge >= 0.3 is 6.03 Å². The summed E-state index contributed by atoms with van der Waals surface area (Å²) < 4.78 is 0. The second-order valence-electron chi connectivity index (χ2n) is 10.8. The van der Waals surface area contributed by atoms with Crippen LogP contribution >= 0.6 is 0 Å². The molecule has 0 bridgehead atoms. The summed E-state index contributed by atoms with van der Waals surface area (Å²) in [4.78, 5) is 39.5. The smallest absolute Gasteiger partial charge is 0.268 e. The fourth-order valence-electron chi connectivity index (χ4n) is 5.61.